The average molecular weight is 262 g/mol. The maximum absolute atomic E-state index is 5.33. The van der Waals surface area contributed by atoms with Crippen molar-refractivity contribution in [1.82, 2.24) is 10.2 Å². The van der Waals surface area contributed by atoms with Crippen LogP contribution < -0.4 is 5.32 Å². The highest BCUT2D eigenvalue weighted by molar-refractivity contribution is 5.20. The second-order valence-electron chi connectivity index (χ2n) is 6.11. The van der Waals surface area contributed by atoms with Crippen molar-refractivity contribution in [1.29, 1.82) is 0 Å². The van der Waals surface area contributed by atoms with Crippen molar-refractivity contribution >= 4 is 0 Å². The maximum atomic E-state index is 5.33. The van der Waals surface area contributed by atoms with E-state index in [-0.39, 0.29) is 5.54 Å². The highest BCUT2D eigenvalue weighted by Crippen LogP contribution is 2.27. The number of nitrogens with zero attached hydrogens (tertiary/aromatic N) is 1. The Bertz CT molecular complexity index is 391. The maximum Gasteiger partial charge on any atom is 0.0615 e. The molecule has 0 bridgehead atoms. The minimum atomic E-state index is 0.170. The number of hydrogen-bond acceptors (Lipinski definition) is 3. The third-order valence-electron chi connectivity index (χ3n) is 4.08. The van der Waals surface area contributed by atoms with Crippen molar-refractivity contribution in [2.24, 2.45) is 0 Å². The van der Waals surface area contributed by atoms with E-state index < -0.39 is 0 Å². The van der Waals surface area contributed by atoms with Gasteiger partial charge in [0, 0.05) is 37.8 Å². The molecule has 0 aliphatic carbocycles. The van der Waals surface area contributed by atoms with Gasteiger partial charge in [0.1, 0.15) is 0 Å². The number of benzene rings is 1. The quantitative estimate of drug-likeness (QED) is 0.902. The lowest BCUT2D eigenvalue weighted by atomic mass is 9.93. The first kappa shape index (κ1) is 14.5. The highest BCUT2D eigenvalue weighted by Gasteiger charge is 2.36. The molecule has 1 aromatic rings. The van der Waals surface area contributed by atoms with Gasteiger partial charge in [-0.3, -0.25) is 4.90 Å². The topological polar surface area (TPSA) is 24.5 Å². The first-order valence-electron chi connectivity index (χ1n) is 7.08. The van der Waals surface area contributed by atoms with Gasteiger partial charge in [0.25, 0.3) is 0 Å². The molecule has 2 unspecified atom stereocenters. The Labute approximate surface area is 116 Å². The summed E-state index contributed by atoms with van der Waals surface area (Å²) < 4.78 is 5.33. The molecule has 106 valence electrons. The zero-order valence-electron chi connectivity index (χ0n) is 12.5. The van der Waals surface area contributed by atoms with Gasteiger partial charge < -0.3 is 10.1 Å². The molecule has 0 radical (unpaired) electrons. The second-order valence-corrected chi connectivity index (χ2v) is 6.11. The summed E-state index contributed by atoms with van der Waals surface area (Å²) in [6, 6.07) is 11.5. The summed E-state index contributed by atoms with van der Waals surface area (Å²) in [7, 11) is 1.78. The van der Waals surface area contributed by atoms with E-state index in [0.717, 1.165) is 19.7 Å². The lowest BCUT2D eigenvalue weighted by molar-refractivity contribution is -0.000393. The fraction of sp³-hybridized carbons (Fsp3) is 0.625. The minimum Gasteiger partial charge on any atom is -0.383 e. The summed E-state index contributed by atoms with van der Waals surface area (Å²) in [4.78, 5) is 2.56. The molecule has 0 spiro atoms. The first-order valence-corrected chi connectivity index (χ1v) is 7.08. The zero-order valence-corrected chi connectivity index (χ0v) is 12.5. The smallest absolute Gasteiger partial charge is 0.0615 e. The Morgan fingerprint density at radius 3 is 2.68 bits per heavy atom. The summed E-state index contributed by atoms with van der Waals surface area (Å²) in [5.41, 5.74) is 1.54. The van der Waals surface area contributed by atoms with Crippen molar-refractivity contribution in [3.05, 3.63) is 35.9 Å². The van der Waals surface area contributed by atoms with Crippen LogP contribution in [-0.4, -0.2) is 43.3 Å². The van der Waals surface area contributed by atoms with Crippen LogP contribution >= 0.6 is 0 Å². The SMILES string of the molecule is COCC(C)N1CC(c2ccccc2)NCC1(C)C. The van der Waals surface area contributed by atoms with Gasteiger partial charge in [0.05, 0.1) is 6.61 Å². The first-order chi connectivity index (χ1) is 9.04. The van der Waals surface area contributed by atoms with E-state index >= 15 is 0 Å². The van der Waals surface area contributed by atoms with Crippen LogP contribution in [0, 0.1) is 0 Å². The molecule has 3 heteroatoms. The Hall–Kier alpha value is -0.900. The molecule has 1 aliphatic rings. The lowest BCUT2D eigenvalue weighted by Gasteiger charge is -2.49. The standard InChI is InChI=1S/C16H26N2O/c1-13(11-19-4)18-10-15(17-12-16(18,2)3)14-8-6-5-7-9-14/h5-9,13,15,17H,10-12H2,1-4H3. The third-order valence-corrected chi connectivity index (χ3v) is 4.08. The number of piperazine rings is 1. The monoisotopic (exact) mass is 262 g/mol. The van der Waals surface area contributed by atoms with E-state index in [9.17, 15) is 0 Å². The van der Waals surface area contributed by atoms with E-state index in [2.05, 4.69) is 61.3 Å². The molecule has 0 saturated carbocycles. The molecule has 1 heterocycles. The molecular formula is C16H26N2O. The van der Waals surface area contributed by atoms with Crippen molar-refractivity contribution in [3.63, 3.8) is 0 Å². The van der Waals surface area contributed by atoms with Gasteiger partial charge in [-0.2, -0.15) is 0 Å². The summed E-state index contributed by atoms with van der Waals surface area (Å²) in [6.07, 6.45) is 0. The molecule has 1 aromatic carbocycles. The molecule has 1 aliphatic heterocycles. The van der Waals surface area contributed by atoms with E-state index in [1.807, 2.05) is 0 Å². The Kier molecular flexibility index (Phi) is 4.61. The van der Waals surface area contributed by atoms with Gasteiger partial charge in [0.2, 0.25) is 0 Å². The van der Waals surface area contributed by atoms with E-state index in [0.29, 0.717) is 12.1 Å². The van der Waals surface area contributed by atoms with E-state index in [1.165, 1.54) is 5.56 Å². The molecule has 19 heavy (non-hydrogen) atoms. The Morgan fingerprint density at radius 1 is 1.37 bits per heavy atom. The van der Waals surface area contributed by atoms with E-state index in [4.69, 9.17) is 4.74 Å². The van der Waals surface area contributed by atoms with Gasteiger partial charge in [-0.15, -0.1) is 0 Å². The predicted octanol–water partition coefficient (Wildman–Crippen LogP) is 2.45. The van der Waals surface area contributed by atoms with Crippen LogP contribution in [0.5, 0.6) is 0 Å². The van der Waals surface area contributed by atoms with Crippen molar-refractivity contribution in [2.45, 2.75) is 38.4 Å². The van der Waals surface area contributed by atoms with Crippen LogP contribution in [0.3, 0.4) is 0 Å². The molecule has 3 nitrogen and oxygen atoms in total. The molecule has 0 aromatic heterocycles. The average Bonchev–Trinajstić information content (AvgIpc) is 2.39. The highest BCUT2D eigenvalue weighted by atomic mass is 16.5. The minimum absolute atomic E-state index is 0.170. The summed E-state index contributed by atoms with van der Waals surface area (Å²) in [5, 5.41) is 3.67. The molecule has 1 N–H and O–H groups in total. The fourth-order valence-corrected chi connectivity index (χ4v) is 3.00. The predicted molar refractivity (Wildman–Crippen MR) is 79.3 cm³/mol. The summed E-state index contributed by atoms with van der Waals surface area (Å²) in [6.45, 7) is 9.66. The van der Waals surface area contributed by atoms with Gasteiger partial charge in [-0.25, -0.2) is 0 Å². The fourth-order valence-electron chi connectivity index (χ4n) is 3.00. The lowest BCUT2D eigenvalue weighted by Crippen LogP contribution is -2.62. The van der Waals surface area contributed by atoms with Crippen LogP contribution in [0.25, 0.3) is 0 Å². The number of hydrogen-bond donors (Lipinski definition) is 1. The van der Waals surface area contributed by atoms with Gasteiger partial charge in [-0.1, -0.05) is 30.3 Å². The summed E-state index contributed by atoms with van der Waals surface area (Å²) >= 11 is 0. The zero-order chi connectivity index (χ0) is 13.9. The number of nitrogens with one attached hydrogen (secondary N) is 1. The van der Waals surface area contributed by atoms with Crippen LogP contribution in [-0.2, 0) is 4.74 Å². The molecular weight excluding hydrogens is 236 g/mol. The molecule has 2 rings (SSSR count). The van der Waals surface area contributed by atoms with Crippen LogP contribution in [0.1, 0.15) is 32.4 Å². The Morgan fingerprint density at radius 2 is 2.05 bits per heavy atom. The van der Waals surface area contributed by atoms with Crippen LogP contribution in [0.15, 0.2) is 30.3 Å². The normalized spacial score (nSPS) is 25.2. The number of methoxy groups -OCH3 is 1. The van der Waals surface area contributed by atoms with Crippen molar-refractivity contribution < 1.29 is 4.74 Å². The number of ether oxygens (including phenoxy) is 1. The summed E-state index contributed by atoms with van der Waals surface area (Å²) in [5.74, 6) is 0. The largest absolute Gasteiger partial charge is 0.383 e. The molecule has 2 atom stereocenters. The van der Waals surface area contributed by atoms with Crippen molar-refractivity contribution in [3.8, 4) is 0 Å². The number of rotatable bonds is 4. The second kappa shape index (κ2) is 6.04. The molecule has 1 saturated heterocycles. The molecule has 1 fully saturated rings. The van der Waals surface area contributed by atoms with Gasteiger partial charge in [0.15, 0.2) is 0 Å². The molecule has 0 amide bonds. The van der Waals surface area contributed by atoms with Crippen LogP contribution in [0.4, 0.5) is 0 Å². The van der Waals surface area contributed by atoms with E-state index in [1.54, 1.807) is 7.11 Å². The van der Waals surface area contributed by atoms with Crippen molar-refractivity contribution in [2.75, 3.05) is 26.8 Å². The van der Waals surface area contributed by atoms with Gasteiger partial charge >= 0.3 is 0 Å². The van der Waals surface area contributed by atoms with Crippen LogP contribution in [0.2, 0.25) is 0 Å². The Balaban J connectivity index is 2.12. The van der Waals surface area contributed by atoms with Gasteiger partial charge in [-0.05, 0) is 26.3 Å². The third kappa shape index (κ3) is 3.35.